The third-order valence-electron chi connectivity index (χ3n) is 5.24. The van der Waals surface area contributed by atoms with Crippen LogP contribution < -0.4 is 10.5 Å². The molecule has 21 heavy (non-hydrogen) atoms. The molecule has 0 aliphatic heterocycles. The summed E-state index contributed by atoms with van der Waals surface area (Å²) in [6.07, 6.45) is 6.48. The Bertz CT molecular complexity index is 487. The molecule has 3 rings (SSSR count). The fourth-order valence-electron chi connectivity index (χ4n) is 3.56. The fraction of sp³-hybridized carbons (Fsp3) is 0.684. The zero-order valence-corrected chi connectivity index (χ0v) is 13.6. The van der Waals surface area contributed by atoms with Crippen LogP contribution >= 0.6 is 0 Å². The van der Waals surface area contributed by atoms with Crippen molar-refractivity contribution in [1.82, 2.24) is 0 Å². The Kier molecular flexibility index (Phi) is 4.00. The molecule has 0 amide bonds. The predicted octanol–water partition coefficient (Wildman–Crippen LogP) is 4.48. The van der Waals surface area contributed by atoms with Crippen molar-refractivity contribution in [3.63, 3.8) is 0 Å². The van der Waals surface area contributed by atoms with Gasteiger partial charge in [-0.15, -0.1) is 0 Å². The van der Waals surface area contributed by atoms with Crippen molar-refractivity contribution in [1.29, 1.82) is 0 Å². The van der Waals surface area contributed by atoms with E-state index in [4.69, 9.17) is 10.5 Å². The van der Waals surface area contributed by atoms with Crippen LogP contribution in [0.4, 0.5) is 0 Å². The summed E-state index contributed by atoms with van der Waals surface area (Å²) in [7, 11) is 0. The molecule has 2 heteroatoms. The molecule has 1 aromatic carbocycles. The average molecular weight is 287 g/mol. The lowest BCUT2D eigenvalue weighted by Gasteiger charge is -2.41. The van der Waals surface area contributed by atoms with Gasteiger partial charge in [-0.25, -0.2) is 0 Å². The molecule has 3 unspecified atom stereocenters. The molecule has 0 saturated heterocycles. The molecule has 0 bridgehead atoms. The van der Waals surface area contributed by atoms with E-state index in [2.05, 4.69) is 45.0 Å². The summed E-state index contributed by atoms with van der Waals surface area (Å²) in [5, 5.41) is 0. The first-order valence-corrected chi connectivity index (χ1v) is 8.45. The Morgan fingerprint density at radius 1 is 1.10 bits per heavy atom. The van der Waals surface area contributed by atoms with Crippen LogP contribution in [0.25, 0.3) is 0 Å². The minimum atomic E-state index is 0.291. The molecule has 2 fully saturated rings. The van der Waals surface area contributed by atoms with Crippen LogP contribution in [0.5, 0.6) is 5.75 Å². The molecular formula is C19H29NO. The van der Waals surface area contributed by atoms with Gasteiger partial charge in [0, 0.05) is 6.04 Å². The smallest absolute Gasteiger partial charge is 0.120 e. The number of rotatable bonds is 3. The van der Waals surface area contributed by atoms with Crippen molar-refractivity contribution >= 4 is 0 Å². The van der Waals surface area contributed by atoms with E-state index < -0.39 is 0 Å². The maximum Gasteiger partial charge on any atom is 0.120 e. The van der Waals surface area contributed by atoms with Crippen LogP contribution in [-0.2, 0) is 0 Å². The lowest BCUT2D eigenvalue weighted by molar-refractivity contribution is 0.154. The predicted molar refractivity (Wildman–Crippen MR) is 87.6 cm³/mol. The molecule has 0 heterocycles. The van der Waals surface area contributed by atoms with Crippen LogP contribution in [0.2, 0.25) is 0 Å². The Morgan fingerprint density at radius 3 is 2.52 bits per heavy atom. The molecule has 2 nitrogen and oxygen atoms in total. The van der Waals surface area contributed by atoms with Gasteiger partial charge in [0.2, 0.25) is 0 Å². The normalized spacial score (nSPS) is 30.2. The lowest BCUT2D eigenvalue weighted by atomic mass is 9.66. The average Bonchev–Trinajstić information content (AvgIpc) is 3.22. The summed E-state index contributed by atoms with van der Waals surface area (Å²) in [5.74, 6) is 2.26. The first-order chi connectivity index (χ1) is 9.93. The van der Waals surface area contributed by atoms with Gasteiger partial charge in [0.05, 0.1) is 6.10 Å². The number of hydrogen-bond donors (Lipinski definition) is 1. The number of hydrogen-bond acceptors (Lipinski definition) is 2. The highest BCUT2D eigenvalue weighted by atomic mass is 16.5. The first-order valence-electron chi connectivity index (χ1n) is 8.45. The van der Waals surface area contributed by atoms with Gasteiger partial charge in [0.1, 0.15) is 5.75 Å². The maximum atomic E-state index is 6.44. The van der Waals surface area contributed by atoms with Crippen LogP contribution in [0.1, 0.15) is 64.4 Å². The fourth-order valence-corrected chi connectivity index (χ4v) is 3.56. The molecular weight excluding hydrogens is 258 g/mol. The van der Waals surface area contributed by atoms with Gasteiger partial charge in [0.25, 0.3) is 0 Å². The van der Waals surface area contributed by atoms with Crippen LogP contribution in [-0.4, -0.2) is 12.1 Å². The van der Waals surface area contributed by atoms with Crippen molar-refractivity contribution in [2.24, 2.45) is 17.1 Å². The third kappa shape index (κ3) is 3.60. The Hall–Kier alpha value is -1.02. The van der Waals surface area contributed by atoms with Gasteiger partial charge in [-0.2, -0.15) is 0 Å². The Labute approximate surface area is 129 Å². The standard InChI is InChI=1S/C19H29NO/c1-19(2,3)14-7-10-18(20)17(12-14)13-5-4-6-16(11-13)21-15-8-9-15/h4-6,11,14-15,17-18H,7-10,12,20H2,1-3H3. The summed E-state index contributed by atoms with van der Waals surface area (Å²) >= 11 is 0. The Balaban J connectivity index is 1.76. The molecule has 0 aromatic heterocycles. The second-order valence-electron chi connectivity index (χ2n) is 8.04. The van der Waals surface area contributed by atoms with Crippen molar-refractivity contribution in [2.45, 2.75) is 70.9 Å². The molecule has 0 spiro atoms. The zero-order chi connectivity index (χ0) is 15.0. The van der Waals surface area contributed by atoms with Crippen LogP contribution in [0.15, 0.2) is 24.3 Å². The summed E-state index contributed by atoms with van der Waals surface area (Å²) in [6.45, 7) is 7.08. The Morgan fingerprint density at radius 2 is 1.86 bits per heavy atom. The maximum absolute atomic E-state index is 6.44. The summed E-state index contributed by atoms with van der Waals surface area (Å²) in [6, 6.07) is 8.96. The zero-order valence-electron chi connectivity index (χ0n) is 13.6. The summed E-state index contributed by atoms with van der Waals surface area (Å²) < 4.78 is 5.95. The summed E-state index contributed by atoms with van der Waals surface area (Å²) in [5.41, 5.74) is 8.18. The third-order valence-corrected chi connectivity index (χ3v) is 5.24. The van der Waals surface area contributed by atoms with E-state index in [-0.39, 0.29) is 0 Å². The molecule has 2 N–H and O–H groups in total. The molecule has 2 aliphatic rings. The molecule has 3 atom stereocenters. The van der Waals surface area contributed by atoms with E-state index in [9.17, 15) is 0 Å². The first kappa shape index (κ1) is 14.9. The van der Waals surface area contributed by atoms with Crippen molar-refractivity contribution in [3.8, 4) is 5.75 Å². The van der Waals surface area contributed by atoms with Gasteiger partial charge >= 0.3 is 0 Å². The van der Waals surface area contributed by atoms with Crippen LogP contribution in [0.3, 0.4) is 0 Å². The molecule has 116 valence electrons. The molecule has 1 aromatic rings. The van der Waals surface area contributed by atoms with Gasteiger partial charge < -0.3 is 10.5 Å². The van der Waals surface area contributed by atoms with Gasteiger partial charge in [-0.3, -0.25) is 0 Å². The van der Waals surface area contributed by atoms with Crippen molar-refractivity contribution < 1.29 is 4.74 Å². The lowest BCUT2D eigenvalue weighted by Crippen LogP contribution is -2.38. The van der Waals surface area contributed by atoms with E-state index in [0.717, 1.165) is 18.1 Å². The summed E-state index contributed by atoms with van der Waals surface area (Å²) in [4.78, 5) is 0. The van der Waals surface area contributed by atoms with Gasteiger partial charge in [-0.1, -0.05) is 32.9 Å². The van der Waals surface area contributed by atoms with E-state index in [1.807, 2.05) is 0 Å². The van der Waals surface area contributed by atoms with Crippen LogP contribution in [0, 0.1) is 11.3 Å². The van der Waals surface area contributed by atoms with E-state index >= 15 is 0 Å². The minimum absolute atomic E-state index is 0.291. The second kappa shape index (κ2) is 5.64. The highest BCUT2D eigenvalue weighted by molar-refractivity contribution is 5.32. The number of benzene rings is 1. The van der Waals surface area contributed by atoms with E-state index in [1.165, 1.54) is 31.2 Å². The van der Waals surface area contributed by atoms with Crippen molar-refractivity contribution in [3.05, 3.63) is 29.8 Å². The molecule has 0 radical (unpaired) electrons. The quantitative estimate of drug-likeness (QED) is 0.889. The largest absolute Gasteiger partial charge is 0.490 e. The highest BCUT2D eigenvalue weighted by Crippen LogP contribution is 2.44. The second-order valence-corrected chi connectivity index (χ2v) is 8.04. The monoisotopic (exact) mass is 287 g/mol. The minimum Gasteiger partial charge on any atom is -0.490 e. The van der Waals surface area contributed by atoms with E-state index in [0.29, 0.717) is 23.5 Å². The number of ether oxygens (including phenoxy) is 1. The molecule has 2 aliphatic carbocycles. The SMILES string of the molecule is CC(C)(C)C1CCC(N)C(c2cccc(OC3CC3)c2)C1. The van der Waals surface area contributed by atoms with Gasteiger partial charge in [-0.05, 0) is 67.1 Å². The molecule has 2 saturated carbocycles. The highest BCUT2D eigenvalue weighted by Gasteiger charge is 2.35. The van der Waals surface area contributed by atoms with Gasteiger partial charge in [0.15, 0.2) is 0 Å². The number of nitrogens with two attached hydrogens (primary N) is 1. The topological polar surface area (TPSA) is 35.2 Å². The van der Waals surface area contributed by atoms with Crippen molar-refractivity contribution in [2.75, 3.05) is 0 Å². The van der Waals surface area contributed by atoms with E-state index in [1.54, 1.807) is 0 Å².